The van der Waals surface area contributed by atoms with Crippen molar-refractivity contribution >= 4 is 72.4 Å². The van der Waals surface area contributed by atoms with Crippen molar-refractivity contribution in [1.29, 1.82) is 0 Å². The fraction of sp³-hybridized carbons (Fsp3) is 0.0588. The smallest absolute Gasteiger partial charge is 0.293 e. The summed E-state index contributed by atoms with van der Waals surface area (Å²) in [7, 11) is 0. The number of rotatable bonds is 3. The molecule has 3 rings (SSSR count). The summed E-state index contributed by atoms with van der Waals surface area (Å²) in [6.45, 7) is 0.133. The maximum atomic E-state index is 12.6. The molecule has 1 aliphatic rings. The molecule has 2 N–H and O–H groups in total. The zero-order valence-corrected chi connectivity index (χ0v) is 17.6. The predicted octanol–water partition coefficient (Wildman–Crippen LogP) is 5.51. The largest absolute Gasteiger partial charge is 0.506 e. The second kappa shape index (κ2) is 7.64. The lowest BCUT2D eigenvalue weighted by molar-refractivity contribution is -0.123. The Kier molecular flexibility index (Phi) is 5.67. The maximum Gasteiger partial charge on any atom is 0.293 e. The number of amides is 2. The molecule has 1 heterocycles. The van der Waals surface area contributed by atoms with Gasteiger partial charge in [-0.15, -0.1) is 0 Å². The highest BCUT2D eigenvalue weighted by molar-refractivity contribution is 9.11. The van der Waals surface area contributed by atoms with Gasteiger partial charge in [0.1, 0.15) is 16.0 Å². The van der Waals surface area contributed by atoms with E-state index in [9.17, 15) is 19.8 Å². The zero-order valence-electron chi connectivity index (χ0n) is 12.9. The second-order valence-electron chi connectivity index (χ2n) is 5.35. The van der Waals surface area contributed by atoms with Crippen LogP contribution in [0.5, 0.6) is 11.5 Å². The summed E-state index contributed by atoms with van der Waals surface area (Å²) in [5, 5.41) is 20.1. The molecule has 134 valence electrons. The first-order valence-corrected chi connectivity index (χ1v) is 9.95. The molecule has 0 bridgehead atoms. The number of carbonyl (C=O) groups is 2. The molecule has 9 heteroatoms. The van der Waals surface area contributed by atoms with Crippen LogP contribution in [0.15, 0.2) is 44.2 Å². The van der Waals surface area contributed by atoms with Crippen LogP contribution in [0.1, 0.15) is 11.1 Å². The number of nitrogens with zero attached hydrogens (tertiary/aromatic N) is 1. The minimum atomic E-state index is -0.449. The van der Waals surface area contributed by atoms with Crippen LogP contribution >= 0.6 is 55.2 Å². The number of aromatic hydroxyl groups is 2. The Morgan fingerprint density at radius 1 is 1.12 bits per heavy atom. The van der Waals surface area contributed by atoms with Crippen molar-refractivity contribution in [2.75, 3.05) is 0 Å². The van der Waals surface area contributed by atoms with E-state index in [0.717, 1.165) is 22.2 Å². The van der Waals surface area contributed by atoms with E-state index in [1.54, 1.807) is 24.3 Å². The molecule has 26 heavy (non-hydrogen) atoms. The minimum absolute atomic E-state index is 0.0958. The molecule has 2 aromatic carbocycles. The lowest BCUT2D eigenvalue weighted by Gasteiger charge is -2.12. The number of imide groups is 1. The maximum absolute atomic E-state index is 12.6. The normalized spacial score (nSPS) is 16.0. The molecule has 5 nitrogen and oxygen atoms in total. The molecule has 0 unspecified atom stereocenters. The quantitative estimate of drug-likeness (QED) is 0.523. The van der Waals surface area contributed by atoms with Gasteiger partial charge >= 0.3 is 0 Å². The van der Waals surface area contributed by atoms with Crippen LogP contribution in [0.2, 0.25) is 5.02 Å². The standard InChI is InChI=1S/C17H10Br2ClNO4S/c18-11-5-9(14(22)13(19)15(11)23)6-12-16(24)21(17(25)26-12)7-8-1-3-10(20)4-2-8/h1-6,22-23H,7H2/b12-6-. The molecule has 0 aromatic heterocycles. The molecule has 1 aliphatic heterocycles. The molecule has 2 aromatic rings. The van der Waals surface area contributed by atoms with Gasteiger partial charge in [0.25, 0.3) is 11.1 Å². The number of carbonyl (C=O) groups excluding carboxylic acids is 2. The van der Waals surface area contributed by atoms with Crippen molar-refractivity contribution in [3.63, 3.8) is 0 Å². The van der Waals surface area contributed by atoms with E-state index >= 15 is 0 Å². The monoisotopic (exact) mass is 517 g/mol. The van der Waals surface area contributed by atoms with Crippen LogP contribution in [-0.2, 0) is 11.3 Å². The Morgan fingerprint density at radius 3 is 2.42 bits per heavy atom. The first kappa shape index (κ1) is 19.3. The summed E-state index contributed by atoms with van der Waals surface area (Å²) in [5.41, 5.74) is 1.06. The fourth-order valence-corrected chi connectivity index (χ4v) is 4.39. The fourth-order valence-electron chi connectivity index (χ4n) is 2.28. The average molecular weight is 520 g/mol. The zero-order chi connectivity index (χ0) is 19.0. The Morgan fingerprint density at radius 2 is 1.77 bits per heavy atom. The molecule has 0 radical (unpaired) electrons. The SMILES string of the molecule is O=C1S/C(=C\c2cc(Br)c(O)c(Br)c2O)C(=O)N1Cc1ccc(Cl)cc1. The van der Waals surface area contributed by atoms with Gasteiger partial charge in [-0.1, -0.05) is 23.7 Å². The first-order chi connectivity index (χ1) is 12.3. The van der Waals surface area contributed by atoms with Crippen LogP contribution < -0.4 is 0 Å². The Labute approximate surface area is 174 Å². The van der Waals surface area contributed by atoms with Crippen molar-refractivity contribution in [2.24, 2.45) is 0 Å². The van der Waals surface area contributed by atoms with Gasteiger partial charge in [-0.05, 0) is 73.5 Å². The van der Waals surface area contributed by atoms with Crippen molar-refractivity contribution in [3.05, 3.63) is 60.3 Å². The molecule has 0 saturated carbocycles. The third-order valence-corrected chi connectivity index (χ3v) is 6.13. The van der Waals surface area contributed by atoms with E-state index in [2.05, 4.69) is 31.9 Å². The number of halogens is 3. The van der Waals surface area contributed by atoms with E-state index in [-0.39, 0.29) is 27.4 Å². The second-order valence-corrected chi connectivity index (χ2v) is 8.43. The number of phenols is 2. The van der Waals surface area contributed by atoms with Gasteiger partial charge in [-0.25, -0.2) is 0 Å². The molecular formula is C17H10Br2ClNO4S. The number of benzene rings is 2. The van der Waals surface area contributed by atoms with E-state index in [0.29, 0.717) is 15.1 Å². The predicted molar refractivity (Wildman–Crippen MR) is 108 cm³/mol. The number of thioether (sulfide) groups is 1. The van der Waals surface area contributed by atoms with Gasteiger partial charge in [0, 0.05) is 10.6 Å². The van der Waals surface area contributed by atoms with E-state index in [1.807, 2.05) is 0 Å². The van der Waals surface area contributed by atoms with Gasteiger partial charge in [-0.3, -0.25) is 14.5 Å². The summed E-state index contributed by atoms with van der Waals surface area (Å²) in [4.78, 5) is 26.1. The van der Waals surface area contributed by atoms with E-state index in [1.165, 1.54) is 12.1 Å². The van der Waals surface area contributed by atoms with Gasteiger partial charge in [-0.2, -0.15) is 0 Å². The van der Waals surface area contributed by atoms with Gasteiger partial charge in [0.05, 0.1) is 15.9 Å². The van der Waals surface area contributed by atoms with Crippen molar-refractivity contribution < 1.29 is 19.8 Å². The Balaban J connectivity index is 1.89. The number of hydrogen-bond donors (Lipinski definition) is 2. The summed E-state index contributed by atoms with van der Waals surface area (Å²) < 4.78 is 0.437. The van der Waals surface area contributed by atoms with Crippen molar-refractivity contribution in [3.8, 4) is 11.5 Å². The number of phenolic OH excluding ortho intramolecular Hbond substituents is 2. The highest BCUT2D eigenvalue weighted by atomic mass is 79.9. The number of hydrogen-bond acceptors (Lipinski definition) is 5. The van der Waals surface area contributed by atoms with E-state index in [4.69, 9.17) is 11.6 Å². The topological polar surface area (TPSA) is 77.8 Å². The van der Waals surface area contributed by atoms with Crippen molar-refractivity contribution in [2.45, 2.75) is 6.54 Å². The Hall–Kier alpha value is -1.48. The highest BCUT2D eigenvalue weighted by Gasteiger charge is 2.35. The lowest BCUT2D eigenvalue weighted by atomic mass is 10.1. The molecule has 1 fully saturated rings. The van der Waals surface area contributed by atoms with Gasteiger partial charge in [0.2, 0.25) is 0 Å². The molecular weight excluding hydrogens is 510 g/mol. The summed E-state index contributed by atoms with van der Waals surface area (Å²) in [6, 6.07) is 8.33. The average Bonchev–Trinajstić information content (AvgIpc) is 2.87. The van der Waals surface area contributed by atoms with Crippen LogP contribution in [0.4, 0.5) is 4.79 Å². The summed E-state index contributed by atoms with van der Waals surface area (Å²) >= 11 is 12.9. The third kappa shape index (κ3) is 3.78. The highest BCUT2D eigenvalue weighted by Crippen LogP contribution is 2.43. The van der Waals surface area contributed by atoms with Crippen LogP contribution in [-0.4, -0.2) is 26.3 Å². The minimum Gasteiger partial charge on any atom is -0.506 e. The van der Waals surface area contributed by atoms with Crippen molar-refractivity contribution in [1.82, 2.24) is 4.90 Å². The molecule has 0 aliphatic carbocycles. The molecule has 0 spiro atoms. The summed E-state index contributed by atoms with van der Waals surface area (Å²) in [5.74, 6) is -0.833. The van der Waals surface area contributed by atoms with Crippen LogP contribution in [0, 0.1) is 0 Å². The molecule has 2 amide bonds. The van der Waals surface area contributed by atoms with Crippen LogP contribution in [0.25, 0.3) is 6.08 Å². The van der Waals surface area contributed by atoms with Gasteiger partial charge < -0.3 is 10.2 Å². The molecule has 1 saturated heterocycles. The van der Waals surface area contributed by atoms with Crippen LogP contribution in [0.3, 0.4) is 0 Å². The third-order valence-electron chi connectivity index (χ3n) is 3.61. The van der Waals surface area contributed by atoms with E-state index < -0.39 is 11.1 Å². The summed E-state index contributed by atoms with van der Waals surface area (Å²) in [6.07, 6.45) is 1.41. The molecule has 0 atom stereocenters. The Bertz CT molecular complexity index is 947. The lowest BCUT2D eigenvalue weighted by Crippen LogP contribution is -2.27. The first-order valence-electron chi connectivity index (χ1n) is 7.17. The van der Waals surface area contributed by atoms with Gasteiger partial charge in [0.15, 0.2) is 0 Å².